The Labute approximate surface area is 122 Å². The molecule has 106 valence electrons. The predicted molar refractivity (Wildman–Crippen MR) is 78.6 cm³/mol. The van der Waals surface area contributed by atoms with Gasteiger partial charge < -0.3 is 5.73 Å². The molecule has 0 aliphatic heterocycles. The molecule has 0 aliphatic rings. The van der Waals surface area contributed by atoms with Gasteiger partial charge in [0.1, 0.15) is 5.82 Å². The van der Waals surface area contributed by atoms with Gasteiger partial charge in [0.2, 0.25) is 0 Å². The third kappa shape index (κ3) is 3.71. The van der Waals surface area contributed by atoms with Crippen LogP contribution in [0.5, 0.6) is 0 Å². The third-order valence-electron chi connectivity index (χ3n) is 2.78. The van der Waals surface area contributed by atoms with E-state index in [0.717, 1.165) is 6.07 Å². The second kappa shape index (κ2) is 5.81. The molecule has 0 fully saturated rings. The molecule has 0 saturated carbocycles. The van der Waals surface area contributed by atoms with Crippen LogP contribution in [0.1, 0.15) is 11.1 Å². The Morgan fingerprint density at radius 2 is 1.80 bits per heavy atom. The summed E-state index contributed by atoms with van der Waals surface area (Å²) in [5.74, 6) is -1.05. The Morgan fingerprint density at radius 3 is 2.45 bits per heavy atom. The molecule has 0 aromatic heterocycles. The summed E-state index contributed by atoms with van der Waals surface area (Å²) in [6, 6.07) is 10.7. The van der Waals surface area contributed by atoms with Gasteiger partial charge in [0.05, 0.1) is 17.2 Å². The molecular weight excluding hydrogens is 301 g/mol. The maximum absolute atomic E-state index is 13.3. The molecule has 0 unspecified atom stereocenters. The highest BCUT2D eigenvalue weighted by Gasteiger charge is 2.15. The molecule has 6 heteroatoms. The van der Waals surface area contributed by atoms with E-state index in [4.69, 9.17) is 17.3 Å². The van der Waals surface area contributed by atoms with Crippen LogP contribution in [0.15, 0.2) is 42.5 Å². The minimum Gasteiger partial charge on any atom is -0.396 e. The van der Waals surface area contributed by atoms with Crippen molar-refractivity contribution in [1.82, 2.24) is 0 Å². The smallest absolute Gasteiger partial charge is 0.158 e. The Hall–Kier alpha value is -1.59. The molecule has 0 heterocycles. The summed E-state index contributed by atoms with van der Waals surface area (Å²) in [4.78, 5) is 0. The molecule has 2 N–H and O–H groups in total. The molecule has 0 radical (unpaired) electrons. The number of nitrogen functional groups attached to an aromatic ring is 1. The van der Waals surface area contributed by atoms with Gasteiger partial charge in [-0.1, -0.05) is 35.9 Å². The fourth-order valence-corrected chi connectivity index (χ4v) is 3.61. The van der Waals surface area contributed by atoms with Crippen LogP contribution in [0.4, 0.5) is 10.1 Å². The average Bonchev–Trinajstić information content (AvgIpc) is 2.36. The summed E-state index contributed by atoms with van der Waals surface area (Å²) in [6.07, 6.45) is 0. The SMILES string of the molecule is Nc1ccc(CS(=O)(=O)Cc2ccccc2Cl)cc1F. The van der Waals surface area contributed by atoms with Crippen molar-refractivity contribution in [2.24, 2.45) is 0 Å². The molecule has 3 nitrogen and oxygen atoms in total. The van der Waals surface area contributed by atoms with Crippen molar-refractivity contribution in [3.05, 3.63) is 64.4 Å². The Morgan fingerprint density at radius 1 is 1.10 bits per heavy atom. The van der Waals surface area contributed by atoms with E-state index in [2.05, 4.69) is 0 Å². The van der Waals surface area contributed by atoms with Crippen LogP contribution >= 0.6 is 11.6 Å². The van der Waals surface area contributed by atoms with Crippen LogP contribution in [0, 0.1) is 5.82 Å². The second-order valence-corrected chi connectivity index (χ2v) is 6.95. The van der Waals surface area contributed by atoms with Crippen LogP contribution < -0.4 is 5.73 Å². The predicted octanol–water partition coefficient (Wildman–Crippen LogP) is 3.18. The molecule has 2 rings (SSSR count). The molecule has 0 spiro atoms. The lowest BCUT2D eigenvalue weighted by atomic mass is 10.2. The Bertz CT molecular complexity index is 732. The molecule has 0 saturated heterocycles. The third-order valence-corrected chi connectivity index (χ3v) is 4.68. The highest BCUT2D eigenvalue weighted by Crippen LogP contribution is 2.21. The van der Waals surface area contributed by atoms with E-state index >= 15 is 0 Å². The zero-order chi connectivity index (χ0) is 14.8. The minimum absolute atomic E-state index is 0.00254. The summed E-state index contributed by atoms with van der Waals surface area (Å²) >= 11 is 5.94. The zero-order valence-electron chi connectivity index (χ0n) is 10.5. The van der Waals surface area contributed by atoms with Crippen LogP contribution in [0.3, 0.4) is 0 Å². The average molecular weight is 314 g/mol. The van der Waals surface area contributed by atoms with E-state index in [1.54, 1.807) is 24.3 Å². The van der Waals surface area contributed by atoms with Crippen molar-refractivity contribution >= 4 is 27.1 Å². The van der Waals surface area contributed by atoms with Gasteiger partial charge in [-0.3, -0.25) is 0 Å². The summed E-state index contributed by atoms with van der Waals surface area (Å²) in [5, 5.41) is 0.402. The topological polar surface area (TPSA) is 60.2 Å². The fraction of sp³-hybridized carbons (Fsp3) is 0.143. The first-order valence-electron chi connectivity index (χ1n) is 5.85. The van der Waals surface area contributed by atoms with E-state index < -0.39 is 15.7 Å². The maximum Gasteiger partial charge on any atom is 0.158 e. The van der Waals surface area contributed by atoms with E-state index in [1.165, 1.54) is 12.1 Å². The lowest BCUT2D eigenvalue weighted by Gasteiger charge is -2.07. The number of anilines is 1. The number of hydrogen-bond acceptors (Lipinski definition) is 3. The van der Waals surface area contributed by atoms with Crippen LogP contribution in [0.2, 0.25) is 5.02 Å². The van der Waals surface area contributed by atoms with Crippen molar-refractivity contribution in [2.45, 2.75) is 11.5 Å². The van der Waals surface area contributed by atoms with Crippen LogP contribution in [-0.2, 0) is 21.3 Å². The first-order chi connectivity index (χ1) is 9.37. The monoisotopic (exact) mass is 313 g/mol. The van der Waals surface area contributed by atoms with Crippen molar-refractivity contribution in [2.75, 3.05) is 5.73 Å². The lowest BCUT2D eigenvalue weighted by molar-refractivity contribution is 0.594. The largest absolute Gasteiger partial charge is 0.396 e. The van der Waals surface area contributed by atoms with Crippen molar-refractivity contribution in [3.63, 3.8) is 0 Å². The van der Waals surface area contributed by atoms with E-state index in [1.807, 2.05) is 0 Å². The first kappa shape index (κ1) is 14.8. The molecule has 0 bridgehead atoms. The van der Waals surface area contributed by atoms with Crippen LogP contribution in [-0.4, -0.2) is 8.42 Å². The summed E-state index contributed by atoms with van der Waals surface area (Å²) < 4.78 is 37.5. The minimum atomic E-state index is -3.43. The fourth-order valence-electron chi connectivity index (χ4n) is 1.82. The van der Waals surface area contributed by atoms with E-state index in [9.17, 15) is 12.8 Å². The number of benzene rings is 2. The second-order valence-electron chi connectivity index (χ2n) is 4.48. The molecule has 0 atom stereocenters. The number of nitrogens with two attached hydrogens (primary N) is 1. The van der Waals surface area contributed by atoms with Gasteiger partial charge in [-0.2, -0.15) is 0 Å². The molecule has 0 aliphatic carbocycles. The molecule has 0 amide bonds. The molecular formula is C14H13ClFNO2S. The van der Waals surface area contributed by atoms with Gasteiger partial charge in [0, 0.05) is 5.02 Å². The zero-order valence-corrected chi connectivity index (χ0v) is 12.1. The van der Waals surface area contributed by atoms with Gasteiger partial charge >= 0.3 is 0 Å². The maximum atomic E-state index is 13.3. The van der Waals surface area contributed by atoms with Gasteiger partial charge in [0.15, 0.2) is 9.84 Å². The van der Waals surface area contributed by atoms with Gasteiger partial charge in [0.25, 0.3) is 0 Å². The van der Waals surface area contributed by atoms with E-state index in [0.29, 0.717) is 16.1 Å². The number of hydrogen-bond donors (Lipinski definition) is 1. The highest BCUT2D eigenvalue weighted by atomic mass is 35.5. The number of sulfone groups is 1. The summed E-state index contributed by atoms with van der Waals surface area (Å²) in [6.45, 7) is 0. The standard InChI is InChI=1S/C14H13ClFNO2S/c15-12-4-2-1-3-11(12)9-20(18,19)8-10-5-6-14(17)13(16)7-10/h1-7H,8-9,17H2. The number of halogens is 2. The normalized spacial score (nSPS) is 11.5. The van der Waals surface area contributed by atoms with Crippen molar-refractivity contribution in [1.29, 1.82) is 0 Å². The Balaban J connectivity index is 2.19. The molecule has 2 aromatic carbocycles. The molecule has 2 aromatic rings. The molecule has 20 heavy (non-hydrogen) atoms. The summed E-state index contributed by atoms with van der Waals surface area (Å²) in [5.41, 5.74) is 6.25. The van der Waals surface area contributed by atoms with Crippen LogP contribution in [0.25, 0.3) is 0 Å². The van der Waals surface area contributed by atoms with E-state index in [-0.39, 0.29) is 17.2 Å². The van der Waals surface area contributed by atoms with Crippen molar-refractivity contribution in [3.8, 4) is 0 Å². The number of rotatable bonds is 4. The highest BCUT2D eigenvalue weighted by molar-refractivity contribution is 7.89. The van der Waals surface area contributed by atoms with Gasteiger partial charge in [-0.25, -0.2) is 12.8 Å². The quantitative estimate of drug-likeness (QED) is 0.882. The Kier molecular flexibility index (Phi) is 4.30. The summed E-state index contributed by atoms with van der Waals surface area (Å²) in [7, 11) is -3.43. The first-order valence-corrected chi connectivity index (χ1v) is 8.05. The lowest BCUT2D eigenvalue weighted by Crippen LogP contribution is -2.08. The van der Waals surface area contributed by atoms with Crippen molar-refractivity contribution < 1.29 is 12.8 Å². The van der Waals surface area contributed by atoms with Gasteiger partial charge in [-0.05, 0) is 29.3 Å². The van der Waals surface area contributed by atoms with Gasteiger partial charge in [-0.15, -0.1) is 0 Å².